The zero-order valence-corrected chi connectivity index (χ0v) is 26.2. The molecule has 42 heavy (non-hydrogen) atoms. The molecule has 0 spiro atoms. The van der Waals surface area contributed by atoms with Crippen molar-refractivity contribution in [3.8, 4) is 17.6 Å². The van der Waals surface area contributed by atoms with E-state index in [4.69, 9.17) is 9.47 Å². The van der Waals surface area contributed by atoms with E-state index in [0.717, 1.165) is 57.4 Å². The lowest BCUT2D eigenvalue weighted by molar-refractivity contribution is 0.0757. The van der Waals surface area contributed by atoms with Crippen molar-refractivity contribution in [3.05, 3.63) is 59.4 Å². The fourth-order valence-corrected chi connectivity index (χ4v) is 6.44. The Hall–Kier alpha value is -2.91. The largest absolute Gasteiger partial charge is 0.493 e. The molecule has 0 amide bonds. The Kier molecular flexibility index (Phi) is 14.3. The molecule has 6 heteroatoms. The second kappa shape index (κ2) is 17.9. The van der Waals surface area contributed by atoms with Crippen molar-refractivity contribution in [1.29, 1.82) is 5.26 Å². The fraction of sp³-hybridized carbons (Fsp3) is 0.611. The van der Waals surface area contributed by atoms with Gasteiger partial charge in [0.2, 0.25) is 0 Å². The molecule has 0 saturated carbocycles. The zero-order valence-electron chi connectivity index (χ0n) is 26.2. The monoisotopic (exact) mass is 578 g/mol. The Bertz CT molecular complexity index is 1120. The Labute approximate surface area is 253 Å². The number of piperidine rings is 1. The van der Waals surface area contributed by atoms with Crippen LogP contribution < -0.4 is 9.47 Å². The van der Waals surface area contributed by atoms with E-state index in [0.29, 0.717) is 17.4 Å². The maximum atomic E-state index is 13.4. The summed E-state index contributed by atoms with van der Waals surface area (Å²) >= 11 is 0. The summed E-state index contributed by atoms with van der Waals surface area (Å²) < 4.78 is 24.5. The number of benzene rings is 2. The molecule has 3 atom stereocenters. The summed E-state index contributed by atoms with van der Waals surface area (Å²) in [5.74, 6) is 1.44. The molecule has 1 fully saturated rings. The molecule has 0 aliphatic carbocycles. The summed E-state index contributed by atoms with van der Waals surface area (Å²) in [6.07, 6.45) is 12.9. The summed E-state index contributed by atoms with van der Waals surface area (Å²) in [5, 5.41) is 9.86. The van der Waals surface area contributed by atoms with Gasteiger partial charge in [0.15, 0.2) is 17.3 Å². The van der Waals surface area contributed by atoms with E-state index >= 15 is 0 Å². The molecule has 0 radical (unpaired) electrons. The highest BCUT2D eigenvalue weighted by Gasteiger charge is 2.31. The van der Waals surface area contributed by atoms with E-state index in [2.05, 4.69) is 36.9 Å². The van der Waals surface area contributed by atoms with Crippen molar-refractivity contribution in [2.24, 2.45) is 11.8 Å². The molecule has 1 saturated heterocycles. The van der Waals surface area contributed by atoms with Crippen LogP contribution in [-0.2, 0) is 0 Å². The molecule has 0 aromatic heterocycles. The van der Waals surface area contributed by atoms with Crippen LogP contribution in [0, 0.1) is 29.0 Å². The Balaban J connectivity index is 1.77. The highest BCUT2D eigenvalue weighted by Crippen LogP contribution is 2.38. The number of hydrogen-bond donors (Lipinski definition) is 0. The van der Waals surface area contributed by atoms with Crippen LogP contribution in [0.3, 0.4) is 0 Å². The smallest absolute Gasteiger partial charge is 0.166 e. The zero-order chi connectivity index (χ0) is 30.3. The quantitative estimate of drug-likeness (QED) is 0.130. The number of Topliss-reactive ketones (excluding diaryl/α,β-unsaturated/α-hetero) is 1. The molecule has 2 aromatic carbocycles. The number of unbranched alkanes of at least 4 members (excludes halogenated alkanes) is 5. The lowest BCUT2D eigenvalue weighted by Gasteiger charge is -2.39. The predicted molar refractivity (Wildman–Crippen MR) is 168 cm³/mol. The maximum absolute atomic E-state index is 13.4. The van der Waals surface area contributed by atoms with Gasteiger partial charge < -0.3 is 14.4 Å². The fourth-order valence-electron chi connectivity index (χ4n) is 6.44. The molecule has 3 unspecified atom stereocenters. The summed E-state index contributed by atoms with van der Waals surface area (Å²) in [5.41, 5.74) is 1.80. The number of rotatable bonds is 18. The minimum absolute atomic E-state index is 0.00291. The number of ketones is 1. The molecule has 230 valence electrons. The minimum atomic E-state index is -0.315. The number of ether oxygens (including phenoxy) is 2. The van der Waals surface area contributed by atoms with Gasteiger partial charge in [-0.1, -0.05) is 58.4 Å². The van der Waals surface area contributed by atoms with Crippen molar-refractivity contribution in [2.45, 2.75) is 103 Å². The summed E-state index contributed by atoms with van der Waals surface area (Å²) in [4.78, 5) is 15.8. The number of likely N-dealkylation sites (tertiary alicyclic amines) is 1. The molecular formula is C36H51FN2O3. The standard InChI is InChI=1S/C36H51FN2O3/c1-5-7-8-9-10-11-12-33(39-21-19-29(20-22-39)36(40)28-13-16-32(37)17-14-28)24-31(23-27(6-2)26-38)30-15-18-34(41-3)35(25-30)42-4/h13-18,25,27,29,31,33H,5-12,19-24H2,1-4H3. The molecule has 0 bridgehead atoms. The molecule has 1 aliphatic rings. The summed E-state index contributed by atoms with van der Waals surface area (Å²) in [6, 6.07) is 15.1. The lowest BCUT2D eigenvalue weighted by atomic mass is 9.81. The second-order valence-corrected chi connectivity index (χ2v) is 11.9. The van der Waals surface area contributed by atoms with Crippen LogP contribution in [0.2, 0.25) is 0 Å². The van der Waals surface area contributed by atoms with Crippen molar-refractivity contribution < 1.29 is 18.7 Å². The van der Waals surface area contributed by atoms with E-state index in [1.807, 2.05) is 6.07 Å². The van der Waals surface area contributed by atoms with Crippen LogP contribution in [0.4, 0.5) is 4.39 Å². The molecule has 1 aliphatic heterocycles. The third kappa shape index (κ3) is 9.83. The molecule has 3 rings (SSSR count). The third-order valence-electron chi connectivity index (χ3n) is 9.12. The maximum Gasteiger partial charge on any atom is 0.166 e. The first-order chi connectivity index (χ1) is 20.4. The first-order valence-electron chi connectivity index (χ1n) is 16.1. The van der Waals surface area contributed by atoms with Gasteiger partial charge in [0.25, 0.3) is 0 Å². The van der Waals surface area contributed by atoms with Crippen molar-refractivity contribution in [3.63, 3.8) is 0 Å². The van der Waals surface area contributed by atoms with E-state index in [-0.39, 0.29) is 29.4 Å². The summed E-state index contributed by atoms with van der Waals surface area (Å²) in [7, 11) is 3.32. The van der Waals surface area contributed by atoms with Gasteiger partial charge in [-0.2, -0.15) is 5.26 Å². The molecule has 0 N–H and O–H groups in total. The van der Waals surface area contributed by atoms with E-state index in [1.165, 1.54) is 56.2 Å². The van der Waals surface area contributed by atoms with Crippen LogP contribution in [-0.4, -0.2) is 44.0 Å². The molecular weight excluding hydrogens is 527 g/mol. The average molecular weight is 579 g/mol. The van der Waals surface area contributed by atoms with Gasteiger partial charge in [0.1, 0.15) is 5.82 Å². The van der Waals surface area contributed by atoms with Crippen molar-refractivity contribution >= 4 is 5.78 Å². The van der Waals surface area contributed by atoms with Crippen molar-refractivity contribution in [2.75, 3.05) is 27.3 Å². The Morgan fingerprint density at radius 1 is 0.952 bits per heavy atom. The number of nitriles is 1. The number of carbonyl (C=O) groups is 1. The van der Waals surface area contributed by atoms with Crippen LogP contribution >= 0.6 is 0 Å². The van der Waals surface area contributed by atoms with Gasteiger partial charge in [-0.15, -0.1) is 0 Å². The third-order valence-corrected chi connectivity index (χ3v) is 9.12. The van der Waals surface area contributed by atoms with E-state index in [9.17, 15) is 14.4 Å². The van der Waals surface area contributed by atoms with Crippen LogP contribution in [0.15, 0.2) is 42.5 Å². The number of nitrogens with zero attached hydrogens (tertiary/aromatic N) is 2. The van der Waals surface area contributed by atoms with Gasteiger partial charge in [0.05, 0.1) is 20.3 Å². The number of hydrogen-bond acceptors (Lipinski definition) is 5. The predicted octanol–water partition coefficient (Wildman–Crippen LogP) is 8.97. The molecule has 5 nitrogen and oxygen atoms in total. The number of halogens is 1. The first kappa shape index (κ1) is 33.6. The number of methoxy groups -OCH3 is 2. The highest BCUT2D eigenvalue weighted by atomic mass is 19.1. The Morgan fingerprint density at radius 2 is 1.62 bits per heavy atom. The molecule has 1 heterocycles. The van der Waals surface area contributed by atoms with Gasteiger partial charge in [-0.3, -0.25) is 4.79 Å². The SMILES string of the molecule is CCCCCCCCC(CC(CC(C#N)CC)c1ccc(OC)c(OC)c1)N1CCC(C(=O)c2ccc(F)cc2)CC1. The second-order valence-electron chi connectivity index (χ2n) is 11.9. The molecule has 2 aromatic rings. The van der Waals surface area contributed by atoms with Gasteiger partial charge in [0, 0.05) is 23.4 Å². The normalized spacial score (nSPS) is 16.4. The first-order valence-corrected chi connectivity index (χ1v) is 16.1. The minimum Gasteiger partial charge on any atom is -0.493 e. The summed E-state index contributed by atoms with van der Waals surface area (Å²) in [6.45, 7) is 6.11. The van der Waals surface area contributed by atoms with Crippen LogP contribution in [0.1, 0.15) is 113 Å². The van der Waals surface area contributed by atoms with E-state index in [1.54, 1.807) is 26.4 Å². The lowest BCUT2D eigenvalue weighted by Crippen LogP contribution is -2.43. The van der Waals surface area contributed by atoms with Crippen LogP contribution in [0.5, 0.6) is 11.5 Å². The van der Waals surface area contributed by atoms with Crippen molar-refractivity contribution in [1.82, 2.24) is 4.90 Å². The topological polar surface area (TPSA) is 62.6 Å². The highest BCUT2D eigenvalue weighted by molar-refractivity contribution is 5.97. The van der Waals surface area contributed by atoms with Gasteiger partial charge in [-0.05, 0) is 99.5 Å². The average Bonchev–Trinajstić information content (AvgIpc) is 3.03. The van der Waals surface area contributed by atoms with Gasteiger partial charge in [-0.25, -0.2) is 4.39 Å². The van der Waals surface area contributed by atoms with Gasteiger partial charge >= 0.3 is 0 Å². The van der Waals surface area contributed by atoms with E-state index < -0.39 is 0 Å². The Morgan fingerprint density at radius 3 is 2.24 bits per heavy atom. The number of carbonyl (C=O) groups excluding carboxylic acids is 1. The van der Waals surface area contributed by atoms with Crippen LogP contribution in [0.25, 0.3) is 0 Å².